The fourth-order valence-corrected chi connectivity index (χ4v) is 5.98. The minimum atomic E-state index is -3.85. The lowest BCUT2D eigenvalue weighted by atomic mass is 10.1. The van der Waals surface area contributed by atoms with Gasteiger partial charge in [-0.25, -0.2) is 13.4 Å². The van der Waals surface area contributed by atoms with Gasteiger partial charge in [0, 0.05) is 23.9 Å². The second kappa shape index (κ2) is 8.42. The van der Waals surface area contributed by atoms with Crippen LogP contribution in [-0.2, 0) is 16.4 Å². The Balaban J connectivity index is 1.45. The molecule has 1 atom stereocenters. The molecule has 0 unspecified atom stereocenters. The predicted octanol–water partition coefficient (Wildman–Crippen LogP) is 3.97. The van der Waals surface area contributed by atoms with E-state index in [0.29, 0.717) is 29.4 Å². The zero-order valence-corrected chi connectivity index (χ0v) is 19.5. The minimum absolute atomic E-state index is 0.0677. The van der Waals surface area contributed by atoms with E-state index in [1.807, 2.05) is 44.2 Å². The molecule has 0 bridgehead atoms. The molecule has 0 fully saturated rings. The Kier molecular flexibility index (Phi) is 5.41. The zero-order valence-electron chi connectivity index (χ0n) is 18.7. The van der Waals surface area contributed by atoms with E-state index in [9.17, 15) is 13.2 Å². The van der Waals surface area contributed by atoms with Crippen LogP contribution in [-0.4, -0.2) is 35.1 Å². The number of para-hydroxylation sites is 1. The molecule has 5 rings (SSSR count). The fourth-order valence-electron chi connectivity index (χ4n) is 4.25. The van der Waals surface area contributed by atoms with E-state index in [4.69, 9.17) is 0 Å². The average Bonchev–Trinajstić information content (AvgIpc) is 3.38. The van der Waals surface area contributed by atoms with Crippen LogP contribution in [0.5, 0.6) is 0 Å². The van der Waals surface area contributed by atoms with E-state index in [0.717, 1.165) is 5.56 Å². The van der Waals surface area contributed by atoms with Gasteiger partial charge in [-0.3, -0.25) is 9.10 Å². The summed E-state index contributed by atoms with van der Waals surface area (Å²) in [5.74, 6) is 0.560. The predicted molar refractivity (Wildman–Crippen MR) is 130 cm³/mol. The van der Waals surface area contributed by atoms with Crippen molar-refractivity contribution in [3.05, 3.63) is 95.8 Å². The Morgan fingerprint density at radius 1 is 1.03 bits per heavy atom. The number of nitrogens with one attached hydrogen (secondary N) is 1. The van der Waals surface area contributed by atoms with Crippen LogP contribution in [0.25, 0.3) is 5.82 Å². The second-order valence-corrected chi connectivity index (χ2v) is 10.1. The second-order valence-electron chi connectivity index (χ2n) is 8.24. The van der Waals surface area contributed by atoms with Crippen molar-refractivity contribution >= 4 is 27.4 Å². The van der Waals surface area contributed by atoms with E-state index in [1.54, 1.807) is 36.5 Å². The zero-order chi connectivity index (χ0) is 23.9. The summed E-state index contributed by atoms with van der Waals surface area (Å²) < 4.78 is 30.1. The SMILES string of the molecule is Cc1cc(NC(=O)c2cccc(S(=O)(=O)N3c4ccccc4C[C@@H]3C)c2)n(-c2ccccn2)n1. The number of fused-ring (bicyclic) bond motifs is 1. The van der Waals surface area contributed by atoms with E-state index in [1.165, 1.54) is 21.1 Å². The van der Waals surface area contributed by atoms with Gasteiger partial charge < -0.3 is 5.32 Å². The van der Waals surface area contributed by atoms with E-state index < -0.39 is 15.9 Å². The third-order valence-corrected chi connectivity index (χ3v) is 7.66. The quantitative estimate of drug-likeness (QED) is 0.473. The van der Waals surface area contributed by atoms with Gasteiger partial charge in [0.05, 0.1) is 16.3 Å². The lowest BCUT2D eigenvalue weighted by molar-refractivity contribution is 0.102. The molecule has 172 valence electrons. The molecular weight excluding hydrogens is 450 g/mol. The lowest BCUT2D eigenvalue weighted by Crippen LogP contribution is -2.35. The average molecular weight is 474 g/mol. The van der Waals surface area contributed by atoms with Gasteiger partial charge in [-0.15, -0.1) is 0 Å². The van der Waals surface area contributed by atoms with Crippen LogP contribution in [0.15, 0.2) is 83.9 Å². The smallest absolute Gasteiger partial charge is 0.264 e. The van der Waals surface area contributed by atoms with Gasteiger partial charge in [0.1, 0.15) is 5.82 Å². The van der Waals surface area contributed by atoms with Crippen LogP contribution in [0.1, 0.15) is 28.5 Å². The molecule has 1 aliphatic heterocycles. The van der Waals surface area contributed by atoms with Crippen molar-refractivity contribution < 1.29 is 13.2 Å². The van der Waals surface area contributed by atoms with Crippen LogP contribution >= 0.6 is 0 Å². The van der Waals surface area contributed by atoms with Gasteiger partial charge in [-0.05, 0) is 62.2 Å². The summed E-state index contributed by atoms with van der Waals surface area (Å²) in [6, 6.07) is 20.5. The number of hydrogen-bond acceptors (Lipinski definition) is 5. The van der Waals surface area contributed by atoms with Crippen molar-refractivity contribution in [3.63, 3.8) is 0 Å². The standard InChI is InChI=1S/C25H23N5O3S/c1-17-14-24(29(28-17)23-12-5-6-13-26-23)27-25(31)20-9-7-10-21(16-20)34(32,33)30-18(2)15-19-8-3-4-11-22(19)30/h3-14,16,18H,15H2,1-2H3,(H,27,31)/t18-/m0/s1. The Morgan fingerprint density at radius 2 is 1.82 bits per heavy atom. The molecule has 2 aromatic heterocycles. The normalized spacial score (nSPS) is 15.2. The van der Waals surface area contributed by atoms with Gasteiger partial charge in [0.15, 0.2) is 5.82 Å². The van der Waals surface area contributed by atoms with Gasteiger partial charge >= 0.3 is 0 Å². The number of carbonyl (C=O) groups is 1. The maximum absolute atomic E-state index is 13.6. The maximum atomic E-state index is 13.6. The maximum Gasteiger partial charge on any atom is 0.264 e. The molecule has 4 aromatic rings. The number of sulfonamides is 1. The Labute approximate surface area is 197 Å². The lowest BCUT2D eigenvalue weighted by Gasteiger charge is -2.24. The van der Waals surface area contributed by atoms with E-state index >= 15 is 0 Å². The fraction of sp³-hybridized carbons (Fsp3) is 0.160. The molecule has 0 saturated heterocycles. The van der Waals surface area contributed by atoms with Gasteiger partial charge in [0.25, 0.3) is 15.9 Å². The highest BCUT2D eigenvalue weighted by molar-refractivity contribution is 7.92. The van der Waals surface area contributed by atoms with Crippen LogP contribution in [0.3, 0.4) is 0 Å². The molecule has 1 aliphatic rings. The van der Waals surface area contributed by atoms with Crippen molar-refractivity contribution in [1.82, 2.24) is 14.8 Å². The molecule has 34 heavy (non-hydrogen) atoms. The Hall–Kier alpha value is -3.98. The first kappa shape index (κ1) is 21.8. The van der Waals surface area contributed by atoms with Crippen molar-refractivity contribution in [2.24, 2.45) is 0 Å². The number of nitrogens with zero attached hydrogens (tertiary/aromatic N) is 4. The van der Waals surface area contributed by atoms with Crippen LogP contribution in [0, 0.1) is 6.92 Å². The summed E-state index contributed by atoms with van der Waals surface area (Å²) in [7, 11) is -3.85. The summed E-state index contributed by atoms with van der Waals surface area (Å²) in [6.45, 7) is 3.70. The molecule has 3 heterocycles. The van der Waals surface area contributed by atoms with Crippen molar-refractivity contribution in [3.8, 4) is 5.82 Å². The summed E-state index contributed by atoms with van der Waals surface area (Å²) >= 11 is 0. The number of aryl methyl sites for hydroxylation is 1. The summed E-state index contributed by atoms with van der Waals surface area (Å²) in [4.78, 5) is 17.4. The molecule has 1 N–H and O–H groups in total. The van der Waals surface area contributed by atoms with E-state index in [2.05, 4.69) is 15.4 Å². The molecular formula is C25H23N5O3S. The number of amides is 1. The molecule has 0 aliphatic carbocycles. The molecule has 0 saturated carbocycles. The summed E-state index contributed by atoms with van der Waals surface area (Å²) in [6.07, 6.45) is 2.29. The monoisotopic (exact) mass is 473 g/mol. The molecule has 0 spiro atoms. The summed E-state index contributed by atoms with van der Waals surface area (Å²) in [5.41, 5.74) is 2.61. The van der Waals surface area contributed by atoms with Crippen LogP contribution < -0.4 is 9.62 Å². The first-order chi connectivity index (χ1) is 16.3. The number of pyridine rings is 1. The topological polar surface area (TPSA) is 97.2 Å². The largest absolute Gasteiger partial charge is 0.306 e. The number of hydrogen-bond donors (Lipinski definition) is 1. The number of aromatic nitrogens is 3. The van der Waals surface area contributed by atoms with Crippen molar-refractivity contribution in [2.45, 2.75) is 31.2 Å². The number of benzene rings is 2. The van der Waals surface area contributed by atoms with Gasteiger partial charge in [0.2, 0.25) is 0 Å². The number of anilines is 2. The van der Waals surface area contributed by atoms with Crippen LogP contribution in [0.4, 0.5) is 11.5 Å². The minimum Gasteiger partial charge on any atom is -0.306 e. The molecule has 9 heteroatoms. The molecule has 2 aromatic carbocycles. The third kappa shape index (κ3) is 3.84. The molecule has 0 radical (unpaired) electrons. The van der Waals surface area contributed by atoms with Crippen molar-refractivity contribution in [2.75, 3.05) is 9.62 Å². The highest BCUT2D eigenvalue weighted by Gasteiger charge is 2.36. The Morgan fingerprint density at radius 3 is 2.62 bits per heavy atom. The Bertz CT molecular complexity index is 1480. The molecule has 1 amide bonds. The van der Waals surface area contributed by atoms with E-state index in [-0.39, 0.29) is 16.5 Å². The van der Waals surface area contributed by atoms with Gasteiger partial charge in [-0.1, -0.05) is 30.3 Å². The number of rotatable bonds is 5. The first-order valence-corrected chi connectivity index (χ1v) is 12.3. The highest BCUT2D eigenvalue weighted by Crippen LogP contribution is 2.36. The molecule has 8 nitrogen and oxygen atoms in total. The highest BCUT2D eigenvalue weighted by atomic mass is 32.2. The first-order valence-electron chi connectivity index (χ1n) is 10.9. The van der Waals surface area contributed by atoms with Gasteiger partial charge in [-0.2, -0.15) is 9.78 Å². The third-order valence-electron chi connectivity index (χ3n) is 5.74. The summed E-state index contributed by atoms with van der Waals surface area (Å²) in [5, 5.41) is 7.24. The number of carbonyl (C=O) groups excluding carboxylic acids is 1. The van der Waals surface area contributed by atoms with Crippen molar-refractivity contribution in [1.29, 1.82) is 0 Å². The van der Waals surface area contributed by atoms with Crippen LogP contribution in [0.2, 0.25) is 0 Å².